The summed E-state index contributed by atoms with van der Waals surface area (Å²) >= 11 is 0. The van der Waals surface area contributed by atoms with Gasteiger partial charge >= 0.3 is 5.97 Å². The Kier molecular flexibility index (Phi) is 5.91. The number of carbonyl (C=O) groups excluding carboxylic acids is 1. The van der Waals surface area contributed by atoms with E-state index in [1.54, 1.807) is 4.57 Å². The van der Waals surface area contributed by atoms with Crippen molar-refractivity contribution in [1.82, 2.24) is 4.57 Å². The first-order valence-corrected chi connectivity index (χ1v) is 9.97. The van der Waals surface area contributed by atoms with Gasteiger partial charge in [-0.25, -0.2) is 4.79 Å². The minimum absolute atomic E-state index is 0.103. The highest BCUT2D eigenvalue weighted by Gasteiger charge is 2.21. The van der Waals surface area contributed by atoms with Crippen LogP contribution in [-0.2, 0) is 11.3 Å². The van der Waals surface area contributed by atoms with Crippen LogP contribution in [0.4, 0.5) is 5.69 Å². The maximum atomic E-state index is 12.2. The van der Waals surface area contributed by atoms with E-state index in [1.807, 2.05) is 84.9 Å². The van der Waals surface area contributed by atoms with Gasteiger partial charge in [0.05, 0.1) is 18.4 Å². The van der Waals surface area contributed by atoms with E-state index < -0.39 is 5.97 Å². The highest BCUT2D eigenvalue weighted by Crippen LogP contribution is 2.28. The fourth-order valence-corrected chi connectivity index (χ4v) is 3.44. The molecular weight excluding hydrogens is 402 g/mol. The minimum Gasteiger partial charge on any atom is -0.489 e. The standard InChI is InChI=1S/C26H21N3O3/c1-31-26(30)25-24(28)21(15-27)16-29(25)22-12-10-19(11-13-22)20-8-5-9-23(14-20)32-17-18-6-3-2-4-7-18/h2-14,16H,17,28H2,1H3. The molecule has 1 heterocycles. The molecule has 158 valence electrons. The van der Waals surface area contributed by atoms with Crippen LogP contribution in [0.2, 0.25) is 0 Å². The van der Waals surface area contributed by atoms with Crippen molar-refractivity contribution in [2.24, 2.45) is 0 Å². The number of benzene rings is 3. The number of methoxy groups -OCH3 is 1. The lowest BCUT2D eigenvalue weighted by atomic mass is 10.1. The highest BCUT2D eigenvalue weighted by molar-refractivity contribution is 5.96. The molecule has 2 N–H and O–H groups in total. The van der Waals surface area contributed by atoms with Crippen LogP contribution in [0.1, 0.15) is 21.6 Å². The summed E-state index contributed by atoms with van der Waals surface area (Å²) in [7, 11) is 1.28. The van der Waals surface area contributed by atoms with Crippen molar-refractivity contribution in [3.05, 3.63) is 102 Å². The first kappa shape index (κ1) is 20.8. The second-order valence-corrected chi connectivity index (χ2v) is 7.13. The van der Waals surface area contributed by atoms with Crippen molar-refractivity contribution in [2.45, 2.75) is 6.61 Å². The van der Waals surface area contributed by atoms with Crippen molar-refractivity contribution in [3.63, 3.8) is 0 Å². The van der Waals surface area contributed by atoms with Crippen molar-refractivity contribution in [2.75, 3.05) is 12.8 Å². The summed E-state index contributed by atoms with van der Waals surface area (Å²) in [5.41, 5.74) is 10.2. The van der Waals surface area contributed by atoms with E-state index in [2.05, 4.69) is 0 Å². The molecule has 0 spiro atoms. The molecule has 6 nitrogen and oxygen atoms in total. The van der Waals surface area contributed by atoms with Gasteiger partial charge in [-0.3, -0.25) is 0 Å². The van der Waals surface area contributed by atoms with Crippen molar-refractivity contribution in [3.8, 4) is 28.6 Å². The Morgan fingerprint density at radius 1 is 1.00 bits per heavy atom. The van der Waals surface area contributed by atoms with Crippen LogP contribution >= 0.6 is 0 Å². The number of hydrogen-bond donors (Lipinski definition) is 1. The zero-order valence-electron chi connectivity index (χ0n) is 17.5. The SMILES string of the molecule is COC(=O)c1c(N)c(C#N)cn1-c1ccc(-c2cccc(OCc3ccccc3)c2)cc1. The molecule has 4 rings (SSSR count). The molecule has 0 bridgehead atoms. The van der Waals surface area contributed by atoms with Gasteiger partial charge in [-0.05, 0) is 41.0 Å². The number of anilines is 1. The monoisotopic (exact) mass is 423 g/mol. The number of carbonyl (C=O) groups is 1. The Labute approximate surface area is 186 Å². The van der Waals surface area contributed by atoms with Gasteiger partial charge in [0, 0.05) is 11.9 Å². The predicted molar refractivity (Wildman–Crippen MR) is 122 cm³/mol. The summed E-state index contributed by atoms with van der Waals surface area (Å²) in [6.45, 7) is 0.496. The van der Waals surface area contributed by atoms with Gasteiger partial charge in [0.15, 0.2) is 5.69 Å². The van der Waals surface area contributed by atoms with Crippen molar-refractivity contribution < 1.29 is 14.3 Å². The third-order valence-corrected chi connectivity index (χ3v) is 5.10. The molecule has 0 aliphatic heterocycles. The van der Waals surface area contributed by atoms with E-state index in [0.29, 0.717) is 12.3 Å². The van der Waals surface area contributed by atoms with Crippen LogP contribution in [-0.4, -0.2) is 17.6 Å². The molecule has 0 amide bonds. The van der Waals surface area contributed by atoms with E-state index in [-0.39, 0.29) is 16.9 Å². The minimum atomic E-state index is -0.601. The largest absolute Gasteiger partial charge is 0.489 e. The van der Waals surface area contributed by atoms with E-state index in [1.165, 1.54) is 13.3 Å². The second-order valence-electron chi connectivity index (χ2n) is 7.13. The quantitative estimate of drug-likeness (QED) is 0.443. The van der Waals surface area contributed by atoms with Crippen molar-refractivity contribution >= 4 is 11.7 Å². The lowest BCUT2D eigenvalue weighted by Gasteiger charge is -2.11. The maximum Gasteiger partial charge on any atom is 0.357 e. The number of rotatable bonds is 6. The number of nitrogen functional groups attached to an aromatic ring is 1. The molecule has 0 fully saturated rings. The summed E-state index contributed by atoms with van der Waals surface area (Å²) in [6, 6.07) is 27.5. The summed E-state index contributed by atoms with van der Waals surface area (Å²) in [5.74, 6) is 0.177. The molecule has 6 heteroatoms. The molecule has 3 aromatic carbocycles. The molecule has 0 atom stereocenters. The lowest BCUT2D eigenvalue weighted by Crippen LogP contribution is -2.11. The van der Waals surface area contributed by atoms with Gasteiger partial charge in [0.25, 0.3) is 0 Å². The Morgan fingerprint density at radius 3 is 2.44 bits per heavy atom. The normalized spacial score (nSPS) is 10.4. The molecule has 1 aromatic heterocycles. The lowest BCUT2D eigenvalue weighted by molar-refractivity contribution is 0.0593. The number of nitrogens with zero attached hydrogens (tertiary/aromatic N) is 2. The second kappa shape index (κ2) is 9.11. The molecule has 0 unspecified atom stereocenters. The van der Waals surface area contributed by atoms with Crippen LogP contribution in [0.15, 0.2) is 85.1 Å². The van der Waals surface area contributed by atoms with Crippen LogP contribution in [0.25, 0.3) is 16.8 Å². The van der Waals surface area contributed by atoms with E-state index in [0.717, 1.165) is 22.4 Å². The molecule has 0 radical (unpaired) electrons. The number of aromatic nitrogens is 1. The van der Waals surface area contributed by atoms with E-state index in [9.17, 15) is 10.1 Å². The Morgan fingerprint density at radius 2 is 1.75 bits per heavy atom. The third-order valence-electron chi connectivity index (χ3n) is 5.10. The zero-order chi connectivity index (χ0) is 22.5. The Balaban J connectivity index is 1.59. The average molecular weight is 423 g/mol. The first-order chi connectivity index (χ1) is 15.6. The van der Waals surface area contributed by atoms with Crippen LogP contribution in [0.5, 0.6) is 5.75 Å². The zero-order valence-corrected chi connectivity index (χ0v) is 17.5. The van der Waals surface area contributed by atoms with Gasteiger partial charge in [-0.1, -0.05) is 54.6 Å². The van der Waals surface area contributed by atoms with Crippen LogP contribution in [0.3, 0.4) is 0 Å². The molecule has 0 aliphatic rings. The number of nitrogens with two attached hydrogens (primary N) is 1. The molecule has 4 aromatic rings. The summed E-state index contributed by atoms with van der Waals surface area (Å²) in [5, 5.41) is 9.29. The number of nitriles is 1. The molecule has 0 aliphatic carbocycles. The smallest absolute Gasteiger partial charge is 0.357 e. The van der Waals surface area contributed by atoms with E-state index in [4.69, 9.17) is 15.2 Å². The third kappa shape index (κ3) is 4.18. The average Bonchev–Trinajstić information content (AvgIpc) is 3.19. The molecule has 0 saturated carbocycles. The first-order valence-electron chi connectivity index (χ1n) is 9.97. The molecule has 32 heavy (non-hydrogen) atoms. The topological polar surface area (TPSA) is 90.3 Å². The van der Waals surface area contributed by atoms with Crippen LogP contribution < -0.4 is 10.5 Å². The Bertz CT molecular complexity index is 1290. The maximum absolute atomic E-state index is 12.2. The number of esters is 1. The van der Waals surface area contributed by atoms with Gasteiger partial charge in [-0.2, -0.15) is 5.26 Å². The van der Waals surface area contributed by atoms with Gasteiger partial charge in [0.1, 0.15) is 18.4 Å². The summed E-state index contributed by atoms with van der Waals surface area (Å²) in [4.78, 5) is 12.2. The van der Waals surface area contributed by atoms with Crippen molar-refractivity contribution in [1.29, 1.82) is 5.26 Å². The molecule has 0 saturated heterocycles. The fourth-order valence-electron chi connectivity index (χ4n) is 3.44. The van der Waals surface area contributed by atoms with E-state index >= 15 is 0 Å². The number of hydrogen-bond acceptors (Lipinski definition) is 5. The Hall–Kier alpha value is -4.50. The summed E-state index contributed by atoms with van der Waals surface area (Å²) < 4.78 is 12.3. The number of ether oxygens (including phenoxy) is 2. The van der Waals surface area contributed by atoms with Crippen LogP contribution in [0, 0.1) is 11.3 Å². The molecular formula is C26H21N3O3. The van der Waals surface area contributed by atoms with Gasteiger partial charge in [-0.15, -0.1) is 0 Å². The predicted octanol–water partition coefficient (Wildman–Crippen LogP) is 4.96. The van der Waals surface area contributed by atoms with Gasteiger partial charge in [0.2, 0.25) is 0 Å². The summed E-state index contributed by atoms with van der Waals surface area (Å²) in [6.07, 6.45) is 1.54. The highest BCUT2D eigenvalue weighted by atomic mass is 16.5. The fraction of sp³-hybridized carbons (Fsp3) is 0.0769. The van der Waals surface area contributed by atoms with Gasteiger partial charge < -0.3 is 19.8 Å².